The van der Waals surface area contributed by atoms with E-state index in [1.54, 1.807) is 0 Å². The van der Waals surface area contributed by atoms with Crippen molar-refractivity contribution in [2.75, 3.05) is 5.32 Å². The minimum Gasteiger partial charge on any atom is -0.339 e. The lowest BCUT2D eigenvalue weighted by molar-refractivity contribution is 1.18. The van der Waals surface area contributed by atoms with Gasteiger partial charge in [0, 0.05) is 5.69 Å². The minimum absolute atomic E-state index is 0.805. The Kier molecular flexibility index (Phi) is 2.65. The Labute approximate surface area is 106 Å². The van der Waals surface area contributed by atoms with Gasteiger partial charge in [0.1, 0.15) is 0 Å². The summed E-state index contributed by atoms with van der Waals surface area (Å²) in [4.78, 5) is 9.14. The van der Waals surface area contributed by atoms with Crippen LogP contribution in [0.15, 0.2) is 54.6 Å². The summed E-state index contributed by atoms with van der Waals surface area (Å²) < 4.78 is 0. The van der Waals surface area contributed by atoms with Crippen LogP contribution < -0.4 is 5.32 Å². The standard InChI is InChI=1S/C15H13N3/c1-11-15(17-12-7-3-2-4-8-12)18-14-10-6-5-9-13(14)16-11/h2-10H,1H3,(H,17,18). The van der Waals surface area contributed by atoms with Gasteiger partial charge in [-0.05, 0) is 31.2 Å². The molecule has 88 valence electrons. The maximum atomic E-state index is 4.60. The molecule has 0 bridgehead atoms. The Bertz CT molecular complexity index is 678. The molecule has 3 heteroatoms. The molecule has 1 N–H and O–H groups in total. The zero-order valence-electron chi connectivity index (χ0n) is 10.1. The van der Waals surface area contributed by atoms with Crippen LogP contribution in [0.4, 0.5) is 11.5 Å². The molecule has 0 unspecified atom stereocenters. The van der Waals surface area contributed by atoms with Crippen molar-refractivity contribution in [3.8, 4) is 0 Å². The molecule has 3 nitrogen and oxygen atoms in total. The fourth-order valence-electron chi connectivity index (χ4n) is 1.86. The Morgan fingerprint density at radius 2 is 1.39 bits per heavy atom. The van der Waals surface area contributed by atoms with Crippen LogP contribution in [0.2, 0.25) is 0 Å². The summed E-state index contributed by atoms with van der Waals surface area (Å²) in [7, 11) is 0. The molecule has 2 aromatic carbocycles. The second kappa shape index (κ2) is 4.45. The van der Waals surface area contributed by atoms with E-state index in [0.29, 0.717) is 0 Å². The van der Waals surface area contributed by atoms with Crippen LogP contribution in [0.5, 0.6) is 0 Å². The number of hydrogen-bond acceptors (Lipinski definition) is 3. The molecule has 3 aromatic rings. The summed E-state index contributed by atoms with van der Waals surface area (Å²) in [5, 5.41) is 3.29. The first-order valence-electron chi connectivity index (χ1n) is 5.88. The molecule has 0 saturated carbocycles. The number of aryl methyl sites for hydroxylation is 1. The fraction of sp³-hybridized carbons (Fsp3) is 0.0667. The average Bonchev–Trinajstić information content (AvgIpc) is 2.41. The summed E-state index contributed by atoms with van der Waals surface area (Å²) in [5.74, 6) is 0.805. The number of para-hydroxylation sites is 3. The zero-order valence-corrected chi connectivity index (χ0v) is 10.1. The van der Waals surface area contributed by atoms with Gasteiger partial charge in [-0.3, -0.25) is 0 Å². The summed E-state index contributed by atoms with van der Waals surface area (Å²) in [6, 6.07) is 17.9. The molecule has 1 heterocycles. The van der Waals surface area contributed by atoms with Gasteiger partial charge in [0.25, 0.3) is 0 Å². The molecule has 0 aliphatic rings. The van der Waals surface area contributed by atoms with Crippen LogP contribution in [0.25, 0.3) is 11.0 Å². The Hall–Kier alpha value is -2.42. The topological polar surface area (TPSA) is 37.8 Å². The fourth-order valence-corrected chi connectivity index (χ4v) is 1.86. The van der Waals surface area contributed by atoms with Crippen molar-refractivity contribution >= 4 is 22.5 Å². The Morgan fingerprint density at radius 3 is 2.11 bits per heavy atom. The van der Waals surface area contributed by atoms with E-state index in [1.165, 1.54) is 0 Å². The number of benzene rings is 2. The summed E-state index contributed by atoms with van der Waals surface area (Å²) in [5.41, 5.74) is 3.75. The predicted molar refractivity (Wildman–Crippen MR) is 74.0 cm³/mol. The maximum absolute atomic E-state index is 4.60. The second-order valence-electron chi connectivity index (χ2n) is 4.14. The Balaban J connectivity index is 2.04. The Morgan fingerprint density at radius 1 is 0.778 bits per heavy atom. The molecule has 0 fully saturated rings. The van der Waals surface area contributed by atoms with Gasteiger partial charge >= 0.3 is 0 Å². The van der Waals surface area contributed by atoms with E-state index in [9.17, 15) is 0 Å². The number of nitrogens with zero attached hydrogens (tertiary/aromatic N) is 2. The van der Waals surface area contributed by atoms with Crippen LogP contribution >= 0.6 is 0 Å². The molecule has 0 spiro atoms. The summed E-state index contributed by atoms with van der Waals surface area (Å²) >= 11 is 0. The van der Waals surface area contributed by atoms with Gasteiger partial charge in [0.15, 0.2) is 5.82 Å². The summed E-state index contributed by atoms with van der Waals surface area (Å²) in [6.07, 6.45) is 0. The average molecular weight is 235 g/mol. The third-order valence-electron chi connectivity index (χ3n) is 2.78. The van der Waals surface area contributed by atoms with Crippen LogP contribution in [-0.2, 0) is 0 Å². The molecule has 0 aliphatic carbocycles. The second-order valence-corrected chi connectivity index (χ2v) is 4.14. The zero-order chi connectivity index (χ0) is 12.4. The van der Waals surface area contributed by atoms with E-state index in [2.05, 4.69) is 15.3 Å². The quantitative estimate of drug-likeness (QED) is 0.736. The van der Waals surface area contributed by atoms with E-state index in [1.807, 2.05) is 61.5 Å². The first kappa shape index (κ1) is 10.7. The van der Waals surface area contributed by atoms with Crippen molar-refractivity contribution in [1.29, 1.82) is 0 Å². The molecule has 0 atom stereocenters. The van der Waals surface area contributed by atoms with E-state index >= 15 is 0 Å². The number of aromatic nitrogens is 2. The maximum Gasteiger partial charge on any atom is 0.152 e. The normalized spacial score (nSPS) is 10.5. The molecule has 0 saturated heterocycles. The van der Waals surface area contributed by atoms with E-state index < -0.39 is 0 Å². The highest BCUT2D eigenvalue weighted by Gasteiger charge is 2.04. The predicted octanol–water partition coefficient (Wildman–Crippen LogP) is 3.68. The third kappa shape index (κ3) is 2.02. The van der Waals surface area contributed by atoms with Gasteiger partial charge in [-0.25, -0.2) is 9.97 Å². The molecule has 0 radical (unpaired) electrons. The van der Waals surface area contributed by atoms with Crippen molar-refractivity contribution in [1.82, 2.24) is 9.97 Å². The molecule has 0 amide bonds. The lowest BCUT2D eigenvalue weighted by Crippen LogP contribution is -1.99. The summed E-state index contributed by atoms with van der Waals surface area (Å²) in [6.45, 7) is 1.96. The van der Waals surface area contributed by atoms with Crippen molar-refractivity contribution < 1.29 is 0 Å². The smallest absolute Gasteiger partial charge is 0.152 e. The molecular formula is C15H13N3. The highest BCUT2D eigenvalue weighted by molar-refractivity contribution is 5.77. The van der Waals surface area contributed by atoms with Crippen LogP contribution in [0, 0.1) is 6.92 Å². The highest BCUT2D eigenvalue weighted by atomic mass is 15.0. The van der Waals surface area contributed by atoms with Crippen molar-refractivity contribution in [3.63, 3.8) is 0 Å². The number of anilines is 2. The van der Waals surface area contributed by atoms with Gasteiger partial charge in [-0.15, -0.1) is 0 Å². The molecule has 0 aliphatic heterocycles. The van der Waals surface area contributed by atoms with Gasteiger partial charge in [0.05, 0.1) is 16.7 Å². The van der Waals surface area contributed by atoms with Gasteiger partial charge in [-0.1, -0.05) is 30.3 Å². The van der Waals surface area contributed by atoms with Crippen LogP contribution in [-0.4, -0.2) is 9.97 Å². The molecular weight excluding hydrogens is 222 g/mol. The van der Waals surface area contributed by atoms with E-state index in [-0.39, 0.29) is 0 Å². The van der Waals surface area contributed by atoms with Gasteiger partial charge in [0.2, 0.25) is 0 Å². The monoisotopic (exact) mass is 235 g/mol. The lowest BCUT2D eigenvalue weighted by atomic mass is 10.2. The van der Waals surface area contributed by atoms with Crippen LogP contribution in [0.3, 0.4) is 0 Å². The lowest BCUT2D eigenvalue weighted by Gasteiger charge is -2.09. The number of hydrogen-bond donors (Lipinski definition) is 1. The first-order chi connectivity index (χ1) is 8.83. The number of rotatable bonds is 2. The van der Waals surface area contributed by atoms with E-state index in [4.69, 9.17) is 0 Å². The number of nitrogens with one attached hydrogen (secondary N) is 1. The van der Waals surface area contributed by atoms with Gasteiger partial charge < -0.3 is 5.32 Å². The van der Waals surface area contributed by atoms with Crippen molar-refractivity contribution in [2.24, 2.45) is 0 Å². The molecule has 1 aromatic heterocycles. The van der Waals surface area contributed by atoms with Gasteiger partial charge in [-0.2, -0.15) is 0 Å². The van der Waals surface area contributed by atoms with Crippen molar-refractivity contribution in [2.45, 2.75) is 6.92 Å². The molecule has 3 rings (SSSR count). The van der Waals surface area contributed by atoms with Crippen LogP contribution in [0.1, 0.15) is 5.69 Å². The van der Waals surface area contributed by atoms with Crippen molar-refractivity contribution in [3.05, 3.63) is 60.3 Å². The largest absolute Gasteiger partial charge is 0.339 e. The minimum atomic E-state index is 0.805. The first-order valence-corrected chi connectivity index (χ1v) is 5.88. The van der Waals surface area contributed by atoms with E-state index in [0.717, 1.165) is 28.2 Å². The highest BCUT2D eigenvalue weighted by Crippen LogP contribution is 2.19. The third-order valence-corrected chi connectivity index (χ3v) is 2.78. The molecule has 18 heavy (non-hydrogen) atoms. The number of fused-ring (bicyclic) bond motifs is 1. The SMILES string of the molecule is Cc1nc2ccccc2nc1Nc1ccccc1.